The summed E-state index contributed by atoms with van der Waals surface area (Å²) in [6.45, 7) is 10.4. The molecule has 14 heavy (non-hydrogen) atoms. The molecule has 1 rings (SSSR count). The first-order valence-corrected chi connectivity index (χ1v) is 6.24. The molecule has 0 aromatic heterocycles. The van der Waals surface area contributed by atoms with Gasteiger partial charge in [0.1, 0.15) is 0 Å². The van der Waals surface area contributed by atoms with Crippen LogP contribution in [0.15, 0.2) is 0 Å². The Bertz CT molecular complexity index is 153. The van der Waals surface area contributed by atoms with E-state index in [9.17, 15) is 0 Å². The van der Waals surface area contributed by atoms with Gasteiger partial charge >= 0.3 is 0 Å². The lowest BCUT2D eigenvalue weighted by molar-refractivity contribution is 0.343. The highest BCUT2D eigenvalue weighted by Crippen LogP contribution is 2.34. The average Bonchev–Trinajstić information content (AvgIpc) is 2.84. The summed E-state index contributed by atoms with van der Waals surface area (Å²) in [5, 5.41) is 3.70. The molecule has 1 saturated carbocycles. The van der Waals surface area contributed by atoms with Gasteiger partial charge in [0, 0.05) is 6.04 Å². The Hall–Kier alpha value is -0.0400. The summed E-state index contributed by atoms with van der Waals surface area (Å²) in [6.07, 6.45) is 6.96. The van der Waals surface area contributed by atoms with Crippen molar-refractivity contribution in [3.8, 4) is 0 Å². The van der Waals surface area contributed by atoms with Gasteiger partial charge in [-0.15, -0.1) is 0 Å². The van der Waals surface area contributed by atoms with Gasteiger partial charge in [0.05, 0.1) is 0 Å². The Balaban J connectivity index is 2.07. The second-order valence-electron chi connectivity index (χ2n) is 6.05. The van der Waals surface area contributed by atoms with Crippen LogP contribution in [-0.4, -0.2) is 12.6 Å². The molecule has 0 saturated heterocycles. The Kier molecular flexibility index (Phi) is 4.43. The van der Waals surface area contributed by atoms with Gasteiger partial charge in [0.2, 0.25) is 0 Å². The fourth-order valence-corrected chi connectivity index (χ4v) is 1.80. The highest BCUT2D eigenvalue weighted by Gasteiger charge is 2.24. The van der Waals surface area contributed by atoms with Crippen LogP contribution in [-0.2, 0) is 0 Å². The zero-order valence-corrected chi connectivity index (χ0v) is 10.4. The molecular formula is C13H27N. The molecule has 1 unspecified atom stereocenters. The topological polar surface area (TPSA) is 12.0 Å². The first-order chi connectivity index (χ1) is 6.51. The molecule has 0 aromatic carbocycles. The lowest BCUT2D eigenvalue weighted by Gasteiger charge is -2.22. The number of rotatable bonds is 6. The highest BCUT2D eigenvalue weighted by molar-refractivity contribution is 4.79. The van der Waals surface area contributed by atoms with E-state index >= 15 is 0 Å². The van der Waals surface area contributed by atoms with E-state index < -0.39 is 0 Å². The fourth-order valence-electron chi connectivity index (χ4n) is 1.80. The van der Waals surface area contributed by atoms with Crippen molar-refractivity contribution in [2.75, 3.05) is 6.54 Å². The number of hydrogen-bond acceptors (Lipinski definition) is 1. The van der Waals surface area contributed by atoms with E-state index in [2.05, 4.69) is 33.0 Å². The van der Waals surface area contributed by atoms with Crippen LogP contribution in [0.25, 0.3) is 0 Å². The minimum atomic E-state index is 0.477. The predicted molar refractivity (Wildman–Crippen MR) is 63.5 cm³/mol. The molecule has 1 atom stereocenters. The summed E-state index contributed by atoms with van der Waals surface area (Å²) in [7, 11) is 0. The number of hydrogen-bond donors (Lipinski definition) is 1. The van der Waals surface area contributed by atoms with Gasteiger partial charge in [-0.3, -0.25) is 0 Å². The van der Waals surface area contributed by atoms with Crippen molar-refractivity contribution in [2.45, 2.75) is 65.8 Å². The summed E-state index contributed by atoms with van der Waals surface area (Å²) < 4.78 is 0. The van der Waals surface area contributed by atoms with Crippen molar-refractivity contribution in [1.82, 2.24) is 5.32 Å². The van der Waals surface area contributed by atoms with Crippen molar-refractivity contribution in [3.63, 3.8) is 0 Å². The second-order valence-corrected chi connectivity index (χ2v) is 6.05. The molecule has 1 heteroatoms. The molecule has 0 radical (unpaired) electrons. The van der Waals surface area contributed by atoms with Crippen LogP contribution in [0.4, 0.5) is 0 Å². The molecule has 0 amide bonds. The Morgan fingerprint density at radius 2 is 1.93 bits per heavy atom. The zero-order chi connectivity index (χ0) is 10.6. The maximum Gasteiger partial charge on any atom is 0.00670 e. The maximum atomic E-state index is 3.70. The van der Waals surface area contributed by atoms with Gasteiger partial charge in [-0.05, 0) is 37.1 Å². The monoisotopic (exact) mass is 197 g/mol. The molecule has 0 aromatic rings. The fraction of sp³-hybridized carbons (Fsp3) is 1.00. The largest absolute Gasteiger partial charge is 0.314 e. The van der Waals surface area contributed by atoms with E-state index in [-0.39, 0.29) is 0 Å². The van der Waals surface area contributed by atoms with Crippen LogP contribution < -0.4 is 5.32 Å². The zero-order valence-electron chi connectivity index (χ0n) is 10.4. The Morgan fingerprint density at radius 1 is 1.29 bits per heavy atom. The third kappa shape index (κ3) is 5.64. The highest BCUT2D eigenvalue weighted by atomic mass is 14.9. The smallest absolute Gasteiger partial charge is 0.00670 e. The van der Waals surface area contributed by atoms with Gasteiger partial charge in [0.15, 0.2) is 0 Å². The normalized spacial score (nSPS) is 19.7. The second kappa shape index (κ2) is 5.16. The third-order valence-corrected chi connectivity index (χ3v) is 3.12. The lowest BCUT2D eigenvalue weighted by atomic mass is 9.92. The third-order valence-electron chi connectivity index (χ3n) is 3.12. The molecule has 1 N–H and O–H groups in total. The van der Waals surface area contributed by atoms with Crippen molar-refractivity contribution in [3.05, 3.63) is 0 Å². The first kappa shape index (κ1) is 12.0. The van der Waals surface area contributed by atoms with Gasteiger partial charge in [-0.25, -0.2) is 0 Å². The Labute approximate surface area is 89.7 Å². The lowest BCUT2D eigenvalue weighted by Crippen LogP contribution is -2.31. The minimum Gasteiger partial charge on any atom is -0.314 e. The van der Waals surface area contributed by atoms with Crippen LogP contribution in [0.2, 0.25) is 0 Å². The quantitative estimate of drug-likeness (QED) is 0.686. The van der Waals surface area contributed by atoms with Crippen LogP contribution in [0.5, 0.6) is 0 Å². The van der Waals surface area contributed by atoms with Crippen LogP contribution in [0.1, 0.15) is 59.8 Å². The van der Waals surface area contributed by atoms with Gasteiger partial charge < -0.3 is 5.32 Å². The van der Waals surface area contributed by atoms with E-state index in [4.69, 9.17) is 0 Å². The maximum absolute atomic E-state index is 3.70. The van der Waals surface area contributed by atoms with Gasteiger partial charge in [-0.2, -0.15) is 0 Å². The van der Waals surface area contributed by atoms with Crippen LogP contribution in [0, 0.1) is 11.3 Å². The van der Waals surface area contributed by atoms with E-state index in [1.807, 2.05) is 0 Å². The molecule has 0 spiro atoms. The van der Waals surface area contributed by atoms with E-state index in [1.165, 1.54) is 38.6 Å². The van der Waals surface area contributed by atoms with Gasteiger partial charge in [-0.1, -0.05) is 40.5 Å². The minimum absolute atomic E-state index is 0.477. The van der Waals surface area contributed by atoms with E-state index in [0.717, 1.165) is 12.0 Å². The summed E-state index contributed by atoms with van der Waals surface area (Å²) in [6, 6.07) is 0.782. The SMILES string of the molecule is CCC(CC1CC1)NCCC(C)(C)C. The van der Waals surface area contributed by atoms with Crippen molar-refractivity contribution in [2.24, 2.45) is 11.3 Å². The predicted octanol–water partition coefficient (Wildman–Crippen LogP) is 3.59. The average molecular weight is 197 g/mol. The summed E-state index contributed by atoms with van der Waals surface area (Å²) in [5.74, 6) is 1.06. The van der Waals surface area contributed by atoms with Crippen molar-refractivity contribution < 1.29 is 0 Å². The van der Waals surface area contributed by atoms with Gasteiger partial charge in [0.25, 0.3) is 0 Å². The molecule has 0 aliphatic heterocycles. The van der Waals surface area contributed by atoms with Crippen molar-refractivity contribution >= 4 is 0 Å². The van der Waals surface area contributed by atoms with Crippen LogP contribution >= 0.6 is 0 Å². The van der Waals surface area contributed by atoms with E-state index in [1.54, 1.807) is 0 Å². The molecular weight excluding hydrogens is 170 g/mol. The Morgan fingerprint density at radius 3 is 2.36 bits per heavy atom. The molecule has 84 valence electrons. The molecule has 1 fully saturated rings. The molecule has 1 aliphatic carbocycles. The summed E-state index contributed by atoms with van der Waals surface area (Å²) in [4.78, 5) is 0. The number of nitrogens with one attached hydrogen (secondary N) is 1. The molecule has 0 heterocycles. The van der Waals surface area contributed by atoms with Crippen molar-refractivity contribution in [1.29, 1.82) is 0 Å². The summed E-state index contributed by atoms with van der Waals surface area (Å²) >= 11 is 0. The standard InChI is InChI=1S/C13H27N/c1-5-12(10-11-6-7-11)14-9-8-13(2,3)4/h11-12,14H,5-10H2,1-4H3. The molecule has 1 nitrogen and oxygen atoms in total. The molecule has 0 bridgehead atoms. The molecule has 1 aliphatic rings. The van der Waals surface area contributed by atoms with Crippen LogP contribution in [0.3, 0.4) is 0 Å². The summed E-state index contributed by atoms with van der Waals surface area (Å²) in [5.41, 5.74) is 0.477. The van der Waals surface area contributed by atoms with E-state index in [0.29, 0.717) is 5.41 Å². The first-order valence-electron chi connectivity index (χ1n) is 6.24.